The van der Waals surface area contributed by atoms with Crippen LogP contribution >= 0.6 is 0 Å². The molecule has 5 N–H and O–H groups in total. The lowest BCUT2D eigenvalue weighted by molar-refractivity contribution is -0.147. The Morgan fingerprint density at radius 1 is 1.18 bits per heavy atom. The number of carboxylic acid groups (broad SMARTS) is 1. The van der Waals surface area contributed by atoms with Crippen molar-refractivity contribution in [3.05, 3.63) is 58.1 Å². The molecular weight excluding hydrogens is 490 g/mol. The van der Waals surface area contributed by atoms with Crippen molar-refractivity contribution in [2.75, 3.05) is 37.4 Å². The number of carboxylic acids is 1. The molecule has 4 rings (SSSR count). The zero-order valence-electron chi connectivity index (χ0n) is 24.5. The van der Waals surface area contributed by atoms with E-state index in [0.717, 1.165) is 53.7 Å². The number of nitrogens with zero attached hydrogens (tertiary/aromatic N) is 3. The summed E-state index contributed by atoms with van der Waals surface area (Å²) in [5.41, 5.74) is 11.4. The number of hydrogen-bond donors (Lipinski definition) is 3. The van der Waals surface area contributed by atoms with Gasteiger partial charge in [-0.05, 0) is 79.8 Å². The highest BCUT2D eigenvalue weighted by Crippen LogP contribution is 2.45. The Hall–Kier alpha value is -3.10. The zero-order valence-corrected chi connectivity index (χ0v) is 24.5. The normalized spacial score (nSPS) is 19.1. The molecule has 2 fully saturated rings. The van der Waals surface area contributed by atoms with Gasteiger partial charge in [-0.1, -0.05) is 38.1 Å². The van der Waals surface area contributed by atoms with Crippen LogP contribution in [-0.4, -0.2) is 59.5 Å². The standard InChI is InChI=1S/C31H45N5O3/c1-19-8-9-21(14-22(19)15-35-16-26(37)36(23-10-11-23)18-30(3,4)17-35)27(31(5,6)29(38)39)24-12-13-25(34(7)33)28(32)20(24)2/h8-9,12-14,23,27H,10-11,15-18,32-33H2,1-7H3,(H,38,39). The first-order valence-corrected chi connectivity index (χ1v) is 13.8. The van der Waals surface area contributed by atoms with Crippen LogP contribution in [0, 0.1) is 24.7 Å². The number of aryl methyl sites for hydroxylation is 1. The van der Waals surface area contributed by atoms with Gasteiger partial charge in [-0.3, -0.25) is 14.5 Å². The Labute approximate surface area is 232 Å². The van der Waals surface area contributed by atoms with Crippen molar-refractivity contribution in [2.45, 2.75) is 72.9 Å². The molecule has 0 spiro atoms. The molecular formula is C31H45N5O3. The van der Waals surface area contributed by atoms with Crippen LogP contribution in [0.3, 0.4) is 0 Å². The number of nitrogens with two attached hydrogens (primary N) is 2. The summed E-state index contributed by atoms with van der Waals surface area (Å²) in [5, 5.41) is 11.8. The maximum Gasteiger partial charge on any atom is 0.310 e. The van der Waals surface area contributed by atoms with Crippen LogP contribution in [-0.2, 0) is 16.1 Å². The average molecular weight is 536 g/mol. The molecule has 1 aliphatic carbocycles. The molecule has 1 saturated carbocycles. The van der Waals surface area contributed by atoms with Crippen molar-refractivity contribution < 1.29 is 14.7 Å². The van der Waals surface area contributed by atoms with E-state index in [1.807, 2.05) is 25.1 Å². The first-order chi connectivity index (χ1) is 18.1. The van der Waals surface area contributed by atoms with Gasteiger partial charge < -0.3 is 20.7 Å². The Bertz CT molecular complexity index is 1270. The molecule has 1 atom stereocenters. The smallest absolute Gasteiger partial charge is 0.310 e. The zero-order chi connectivity index (χ0) is 28.9. The third-order valence-electron chi connectivity index (χ3n) is 8.51. The number of amides is 1. The van der Waals surface area contributed by atoms with Gasteiger partial charge in [-0.25, -0.2) is 5.84 Å². The Balaban J connectivity index is 1.73. The minimum Gasteiger partial charge on any atom is -0.481 e. The summed E-state index contributed by atoms with van der Waals surface area (Å²) in [4.78, 5) is 30.1. The topological polar surface area (TPSA) is 116 Å². The maximum absolute atomic E-state index is 13.2. The lowest BCUT2D eigenvalue weighted by Crippen LogP contribution is -2.39. The number of hydrazine groups is 1. The summed E-state index contributed by atoms with van der Waals surface area (Å²) in [5.74, 6) is 4.86. The summed E-state index contributed by atoms with van der Waals surface area (Å²) >= 11 is 0. The third kappa shape index (κ3) is 5.92. The molecule has 2 aliphatic rings. The van der Waals surface area contributed by atoms with Gasteiger partial charge in [0.15, 0.2) is 0 Å². The van der Waals surface area contributed by atoms with Gasteiger partial charge in [0.2, 0.25) is 5.91 Å². The molecule has 8 heteroatoms. The molecule has 2 aromatic rings. The van der Waals surface area contributed by atoms with E-state index in [1.165, 1.54) is 5.01 Å². The van der Waals surface area contributed by atoms with Crippen LogP contribution in [0.15, 0.2) is 30.3 Å². The number of carbonyl (C=O) groups excluding carboxylic acids is 1. The molecule has 1 amide bonds. The molecule has 1 unspecified atom stereocenters. The van der Waals surface area contributed by atoms with Gasteiger partial charge in [-0.2, -0.15) is 0 Å². The SMILES string of the molecule is Cc1ccc(C(c2ccc(N(C)N)c(N)c2C)C(C)(C)C(=O)O)cc1CN1CC(=O)N(C2CC2)CC(C)(C)C1. The Kier molecular flexibility index (Phi) is 7.76. The number of carbonyl (C=O) groups is 2. The molecule has 39 heavy (non-hydrogen) atoms. The minimum absolute atomic E-state index is 0.0133. The van der Waals surface area contributed by atoms with E-state index in [1.54, 1.807) is 20.9 Å². The highest BCUT2D eigenvalue weighted by atomic mass is 16.4. The molecule has 0 bridgehead atoms. The first kappa shape index (κ1) is 28.9. The highest BCUT2D eigenvalue weighted by molar-refractivity contribution is 5.80. The van der Waals surface area contributed by atoms with E-state index in [9.17, 15) is 14.7 Å². The lowest BCUT2D eigenvalue weighted by atomic mass is 9.69. The number of hydrogen-bond acceptors (Lipinski definition) is 6. The fourth-order valence-corrected chi connectivity index (χ4v) is 6.12. The summed E-state index contributed by atoms with van der Waals surface area (Å²) in [6, 6.07) is 10.4. The van der Waals surface area contributed by atoms with Crippen LogP contribution in [0.2, 0.25) is 0 Å². The van der Waals surface area contributed by atoms with E-state index in [2.05, 4.69) is 42.7 Å². The molecule has 212 valence electrons. The lowest BCUT2D eigenvalue weighted by Gasteiger charge is -2.34. The van der Waals surface area contributed by atoms with Crippen LogP contribution in [0.4, 0.5) is 11.4 Å². The van der Waals surface area contributed by atoms with Crippen LogP contribution in [0.5, 0.6) is 0 Å². The average Bonchev–Trinajstić information content (AvgIpc) is 3.67. The Morgan fingerprint density at radius 3 is 2.44 bits per heavy atom. The van der Waals surface area contributed by atoms with Crippen molar-refractivity contribution in [1.82, 2.24) is 9.80 Å². The number of anilines is 2. The predicted molar refractivity (Wildman–Crippen MR) is 156 cm³/mol. The summed E-state index contributed by atoms with van der Waals surface area (Å²) in [6.45, 7) is 14.6. The number of nitrogen functional groups attached to an aromatic ring is 1. The number of aliphatic carboxylic acids is 1. The van der Waals surface area contributed by atoms with Crippen molar-refractivity contribution in [3.63, 3.8) is 0 Å². The fourth-order valence-electron chi connectivity index (χ4n) is 6.12. The second-order valence-corrected chi connectivity index (χ2v) is 13.0. The largest absolute Gasteiger partial charge is 0.481 e. The minimum atomic E-state index is -1.11. The van der Waals surface area contributed by atoms with Crippen molar-refractivity contribution in [2.24, 2.45) is 16.7 Å². The molecule has 0 radical (unpaired) electrons. The van der Waals surface area contributed by atoms with Crippen LogP contribution in [0.1, 0.15) is 74.3 Å². The van der Waals surface area contributed by atoms with Gasteiger partial charge in [0.05, 0.1) is 23.3 Å². The third-order valence-corrected chi connectivity index (χ3v) is 8.51. The van der Waals surface area contributed by atoms with Gasteiger partial charge in [0.1, 0.15) is 0 Å². The van der Waals surface area contributed by atoms with Crippen LogP contribution < -0.4 is 16.6 Å². The van der Waals surface area contributed by atoms with E-state index >= 15 is 0 Å². The monoisotopic (exact) mass is 535 g/mol. The van der Waals surface area contributed by atoms with Crippen LogP contribution in [0.25, 0.3) is 0 Å². The van der Waals surface area contributed by atoms with Gasteiger partial charge in [0.25, 0.3) is 0 Å². The highest BCUT2D eigenvalue weighted by Gasteiger charge is 2.41. The quantitative estimate of drug-likeness (QED) is 0.263. The molecule has 0 aromatic heterocycles. The van der Waals surface area contributed by atoms with Crippen molar-refractivity contribution in [1.29, 1.82) is 0 Å². The molecule has 8 nitrogen and oxygen atoms in total. The van der Waals surface area contributed by atoms with E-state index in [4.69, 9.17) is 11.6 Å². The summed E-state index contributed by atoms with van der Waals surface area (Å²) in [6.07, 6.45) is 2.21. The molecule has 2 aromatic carbocycles. The molecule has 1 heterocycles. The second kappa shape index (κ2) is 10.5. The number of rotatable bonds is 8. The van der Waals surface area contributed by atoms with E-state index in [-0.39, 0.29) is 11.3 Å². The summed E-state index contributed by atoms with van der Waals surface area (Å²) in [7, 11) is 1.73. The van der Waals surface area contributed by atoms with E-state index < -0.39 is 17.3 Å². The van der Waals surface area contributed by atoms with Gasteiger partial charge in [-0.15, -0.1) is 0 Å². The van der Waals surface area contributed by atoms with Crippen molar-refractivity contribution >= 4 is 23.3 Å². The number of benzene rings is 2. The van der Waals surface area contributed by atoms with Crippen molar-refractivity contribution in [3.8, 4) is 0 Å². The van der Waals surface area contributed by atoms with E-state index in [0.29, 0.717) is 30.5 Å². The predicted octanol–water partition coefficient (Wildman–Crippen LogP) is 4.27. The Morgan fingerprint density at radius 2 is 1.85 bits per heavy atom. The summed E-state index contributed by atoms with van der Waals surface area (Å²) < 4.78 is 0. The molecule has 1 saturated heterocycles. The fraction of sp³-hybridized carbons (Fsp3) is 0.548. The second-order valence-electron chi connectivity index (χ2n) is 13.0. The van der Waals surface area contributed by atoms with Gasteiger partial charge >= 0.3 is 5.97 Å². The first-order valence-electron chi connectivity index (χ1n) is 13.8. The molecule has 1 aliphatic heterocycles. The maximum atomic E-state index is 13.2. The van der Waals surface area contributed by atoms with Gasteiger partial charge in [0, 0.05) is 38.6 Å².